The van der Waals surface area contributed by atoms with Crippen molar-refractivity contribution in [2.24, 2.45) is 5.92 Å². The molecule has 2 fully saturated rings. The van der Waals surface area contributed by atoms with E-state index in [4.69, 9.17) is 0 Å². The molecule has 0 aliphatic carbocycles. The quantitative estimate of drug-likeness (QED) is 0.797. The fourth-order valence-corrected chi connectivity index (χ4v) is 3.88. The Morgan fingerprint density at radius 1 is 1.33 bits per heavy atom. The largest absolute Gasteiger partial charge is 0.354 e. The lowest BCUT2D eigenvalue weighted by molar-refractivity contribution is -0.122. The van der Waals surface area contributed by atoms with Crippen LogP contribution in [0.15, 0.2) is 6.33 Å². The van der Waals surface area contributed by atoms with Gasteiger partial charge in [-0.1, -0.05) is 13.8 Å². The average molecular weight is 378 g/mol. The van der Waals surface area contributed by atoms with Crippen molar-refractivity contribution in [2.45, 2.75) is 70.5 Å². The number of fused-ring (bicyclic) bond motifs is 2. The Hall–Kier alpha value is -0.850. The molecule has 3 heterocycles. The SMILES string of the molecule is CC(C)c1nncn1CCNC(=O)CC1CC2CCC(C1)N2.Cl.Cl. The van der Waals surface area contributed by atoms with Crippen molar-refractivity contribution in [3.63, 3.8) is 0 Å². The standard InChI is InChI=1S/C16H27N5O.2ClH/c1-11(2)16-20-18-10-21(16)6-5-17-15(22)9-12-7-13-3-4-14(8-12)19-13;;/h10-14,19H,3-9H2,1-2H3,(H,17,22);2*1H. The first-order chi connectivity index (χ1) is 10.6. The number of nitrogens with zero attached hydrogens (tertiary/aromatic N) is 3. The van der Waals surface area contributed by atoms with Crippen molar-refractivity contribution in [3.8, 4) is 0 Å². The Kier molecular flexibility index (Phi) is 8.46. The molecule has 1 amide bonds. The monoisotopic (exact) mass is 377 g/mol. The van der Waals surface area contributed by atoms with E-state index in [0.29, 0.717) is 36.9 Å². The Bertz CT molecular complexity index is 510. The lowest BCUT2D eigenvalue weighted by Gasteiger charge is -2.28. The van der Waals surface area contributed by atoms with Gasteiger partial charge in [0.15, 0.2) is 0 Å². The minimum Gasteiger partial charge on any atom is -0.354 e. The number of piperidine rings is 1. The van der Waals surface area contributed by atoms with Crippen molar-refractivity contribution in [2.75, 3.05) is 6.54 Å². The van der Waals surface area contributed by atoms with E-state index in [1.807, 2.05) is 4.57 Å². The highest BCUT2D eigenvalue weighted by atomic mass is 35.5. The van der Waals surface area contributed by atoms with Gasteiger partial charge in [0, 0.05) is 37.5 Å². The van der Waals surface area contributed by atoms with E-state index >= 15 is 0 Å². The van der Waals surface area contributed by atoms with Crippen molar-refractivity contribution in [1.29, 1.82) is 0 Å². The topological polar surface area (TPSA) is 71.8 Å². The predicted molar refractivity (Wildman–Crippen MR) is 98.9 cm³/mol. The normalized spacial score (nSPS) is 25.0. The van der Waals surface area contributed by atoms with Crippen LogP contribution in [0.1, 0.15) is 57.7 Å². The number of hydrogen-bond acceptors (Lipinski definition) is 4. The minimum atomic E-state index is 0. The highest BCUT2D eigenvalue weighted by molar-refractivity contribution is 5.85. The zero-order valence-corrected chi connectivity index (χ0v) is 16.0. The van der Waals surface area contributed by atoms with Crippen LogP contribution in [0.25, 0.3) is 0 Å². The summed E-state index contributed by atoms with van der Waals surface area (Å²) in [6.07, 6.45) is 7.31. The van der Waals surface area contributed by atoms with Crippen molar-refractivity contribution >= 4 is 30.7 Å². The van der Waals surface area contributed by atoms with Crippen molar-refractivity contribution < 1.29 is 4.79 Å². The molecular formula is C16H29Cl2N5O. The first-order valence-corrected chi connectivity index (χ1v) is 8.52. The van der Waals surface area contributed by atoms with E-state index in [1.54, 1.807) is 6.33 Å². The Morgan fingerprint density at radius 3 is 2.62 bits per heavy atom. The van der Waals surface area contributed by atoms with Gasteiger partial charge in [-0.25, -0.2) is 0 Å². The molecule has 2 aliphatic heterocycles. The van der Waals surface area contributed by atoms with Gasteiger partial charge in [-0.3, -0.25) is 4.79 Å². The van der Waals surface area contributed by atoms with E-state index in [9.17, 15) is 4.79 Å². The molecule has 1 aromatic heterocycles. The summed E-state index contributed by atoms with van der Waals surface area (Å²) >= 11 is 0. The van der Waals surface area contributed by atoms with Crippen molar-refractivity contribution in [1.82, 2.24) is 25.4 Å². The van der Waals surface area contributed by atoms with Gasteiger partial charge in [-0.15, -0.1) is 35.0 Å². The molecule has 2 unspecified atom stereocenters. The van der Waals surface area contributed by atoms with Gasteiger partial charge >= 0.3 is 0 Å². The number of halogens is 2. The van der Waals surface area contributed by atoms with Crippen LogP contribution in [0.3, 0.4) is 0 Å². The van der Waals surface area contributed by atoms with Crippen LogP contribution in [-0.2, 0) is 11.3 Å². The third-order valence-corrected chi connectivity index (χ3v) is 4.88. The molecule has 0 aromatic carbocycles. The Balaban J connectivity index is 0.00000144. The third-order valence-electron chi connectivity index (χ3n) is 4.88. The molecular weight excluding hydrogens is 349 g/mol. The number of hydrogen-bond donors (Lipinski definition) is 2. The van der Waals surface area contributed by atoms with Crippen LogP contribution in [0, 0.1) is 5.92 Å². The molecule has 2 N–H and O–H groups in total. The summed E-state index contributed by atoms with van der Waals surface area (Å²) in [6.45, 7) is 5.59. The van der Waals surface area contributed by atoms with Crippen LogP contribution in [0.5, 0.6) is 0 Å². The summed E-state index contributed by atoms with van der Waals surface area (Å²) in [5, 5.41) is 14.7. The van der Waals surface area contributed by atoms with Gasteiger partial charge in [-0.05, 0) is 31.6 Å². The summed E-state index contributed by atoms with van der Waals surface area (Å²) in [7, 11) is 0. The molecule has 0 radical (unpaired) electrons. The number of amides is 1. The number of rotatable bonds is 6. The minimum absolute atomic E-state index is 0. The first kappa shape index (κ1) is 21.2. The van der Waals surface area contributed by atoms with Gasteiger partial charge in [-0.2, -0.15) is 0 Å². The maximum Gasteiger partial charge on any atom is 0.220 e. The smallest absolute Gasteiger partial charge is 0.220 e. The van der Waals surface area contributed by atoms with Gasteiger partial charge in [0.1, 0.15) is 12.2 Å². The van der Waals surface area contributed by atoms with Crippen LogP contribution >= 0.6 is 24.8 Å². The molecule has 2 saturated heterocycles. The summed E-state index contributed by atoms with van der Waals surface area (Å²) in [6, 6.07) is 1.31. The highest BCUT2D eigenvalue weighted by Gasteiger charge is 2.34. The molecule has 1 aromatic rings. The lowest BCUT2D eigenvalue weighted by atomic mass is 9.89. The maximum atomic E-state index is 12.1. The summed E-state index contributed by atoms with van der Waals surface area (Å²) in [5.74, 6) is 2.07. The zero-order chi connectivity index (χ0) is 15.5. The van der Waals surface area contributed by atoms with E-state index in [-0.39, 0.29) is 30.7 Å². The predicted octanol–water partition coefficient (Wildman–Crippen LogP) is 2.28. The van der Waals surface area contributed by atoms with Gasteiger partial charge in [0.2, 0.25) is 5.91 Å². The van der Waals surface area contributed by atoms with Gasteiger partial charge in [0.05, 0.1) is 0 Å². The third kappa shape index (κ3) is 5.33. The molecule has 138 valence electrons. The highest BCUT2D eigenvalue weighted by Crippen LogP contribution is 2.32. The average Bonchev–Trinajstić information content (AvgIpc) is 3.05. The number of aromatic nitrogens is 3. The fraction of sp³-hybridized carbons (Fsp3) is 0.812. The number of carbonyl (C=O) groups is 1. The van der Waals surface area contributed by atoms with Gasteiger partial charge in [0.25, 0.3) is 0 Å². The number of nitrogens with one attached hydrogen (secondary N) is 2. The molecule has 0 spiro atoms. The van der Waals surface area contributed by atoms with Crippen LogP contribution in [0.4, 0.5) is 0 Å². The summed E-state index contributed by atoms with van der Waals surface area (Å²) in [5.41, 5.74) is 0. The fourth-order valence-electron chi connectivity index (χ4n) is 3.88. The second kappa shape index (κ2) is 9.59. The Morgan fingerprint density at radius 2 is 2.00 bits per heavy atom. The van der Waals surface area contributed by atoms with E-state index in [1.165, 1.54) is 12.8 Å². The second-order valence-corrected chi connectivity index (χ2v) is 7.07. The Labute approximate surface area is 156 Å². The van der Waals surface area contributed by atoms with Crippen LogP contribution < -0.4 is 10.6 Å². The summed E-state index contributed by atoms with van der Waals surface area (Å²) in [4.78, 5) is 12.1. The van der Waals surface area contributed by atoms with Crippen LogP contribution in [0.2, 0.25) is 0 Å². The summed E-state index contributed by atoms with van der Waals surface area (Å²) < 4.78 is 2.02. The lowest BCUT2D eigenvalue weighted by Crippen LogP contribution is -2.40. The van der Waals surface area contributed by atoms with E-state index in [2.05, 4.69) is 34.7 Å². The molecule has 6 nitrogen and oxygen atoms in total. The molecule has 2 bridgehead atoms. The first-order valence-electron chi connectivity index (χ1n) is 8.52. The maximum absolute atomic E-state index is 12.1. The molecule has 0 saturated carbocycles. The van der Waals surface area contributed by atoms with E-state index in [0.717, 1.165) is 25.2 Å². The van der Waals surface area contributed by atoms with Crippen LogP contribution in [-0.4, -0.2) is 39.3 Å². The molecule has 24 heavy (non-hydrogen) atoms. The van der Waals surface area contributed by atoms with Crippen molar-refractivity contribution in [3.05, 3.63) is 12.2 Å². The van der Waals surface area contributed by atoms with Gasteiger partial charge < -0.3 is 15.2 Å². The van der Waals surface area contributed by atoms with E-state index < -0.39 is 0 Å². The second-order valence-electron chi connectivity index (χ2n) is 7.07. The molecule has 8 heteroatoms. The molecule has 3 rings (SSSR count). The number of carbonyl (C=O) groups excluding carboxylic acids is 1. The molecule has 2 aliphatic rings. The zero-order valence-electron chi connectivity index (χ0n) is 14.4. The molecule has 2 atom stereocenters.